The smallest absolute Gasteiger partial charge is 0.184 e. The number of Topliss-reactive ketones (excluding diaryl/α,β-unsaturated/α-hetero) is 1. The molecule has 72 valence electrons. The zero-order valence-electron chi connectivity index (χ0n) is 7.32. The fourth-order valence-electron chi connectivity index (χ4n) is 2.30. The van der Waals surface area contributed by atoms with E-state index in [4.69, 9.17) is 0 Å². The molecule has 2 fully saturated rings. The summed E-state index contributed by atoms with van der Waals surface area (Å²) >= 11 is 0. The van der Waals surface area contributed by atoms with Gasteiger partial charge >= 0.3 is 0 Å². The topological polar surface area (TPSA) is 51.2 Å². The number of fused-ring (bicyclic) bond motifs is 1. The molecule has 0 bridgehead atoms. The molecule has 0 spiro atoms. The van der Waals surface area contributed by atoms with Gasteiger partial charge < -0.3 is 0 Å². The average molecular weight is 200 g/mol. The lowest BCUT2D eigenvalue weighted by Crippen LogP contribution is -2.27. The van der Waals surface area contributed by atoms with Crippen LogP contribution in [0, 0.1) is 5.92 Å². The highest BCUT2D eigenvalue weighted by Crippen LogP contribution is 2.40. The summed E-state index contributed by atoms with van der Waals surface area (Å²) in [5.74, 6) is -0.504. The van der Waals surface area contributed by atoms with Crippen molar-refractivity contribution in [2.75, 3.05) is 0 Å². The molecule has 1 heterocycles. The first kappa shape index (κ1) is 8.94. The Morgan fingerprint density at radius 2 is 1.85 bits per heavy atom. The van der Waals surface area contributed by atoms with Gasteiger partial charge in [0.05, 0.1) is 5.25 Å². The van der Waals surface area contributed by atoms with Crippen molar-refractivity contribution in [3.8, 4) is 0 Å². The van der Waals surface area contributed by atoms with Gasteiger partial charge in [0, 0.05) is 5.92 Å². The average Bonchev–Trinajstić information content (AvgIpc) is 2.30. The van der Waals surface area contributed by atoms with Crippen molar-refractivity contribution in [1.82, 2.24) is 0 Å². The van der Waals surface area contributed by atoms with Crippen molar-refractivity contribution in [2.45, 2.75) is 30.9 Å². The van der Waals surface area contributed by atoms with Crippen molar-refractivity contribution in [2.24, 2.45) is 5.92 Å². The fourth-order valence-corrected chi connectivity index (χ4v) is 4.26. The maximum Gasteiger partial charge on any atom is 0.184 e. The zero-order valence-corrected chi connectivity index (χ0v) is 8.14. The van der Waals surface area contributed by atoms with Crippen LogP contribution in [0.5, 0.6) is 0 Å². The molecule has 1 aliphatic carbocycles. The molecule has 1 saturated carbocycles. The van der Waals surface area contributed by atoms with Gasteiger partial charge in [0.2, 0.25) is 0 Å². The van der Waals surface area contributed by atoms with E-state index in [0.29, 0.717) is 6.42 Å². The minimum Gasteiger partial charge on any atom is -0.293 e. The third-order valence-corrected chi connectivity index (χ3v) is 5.31. The summed E-state index contributed by atoms with van der Waals surface area (Å²) in [4.78, 5) is 11.3. The molecule has 13 heavy (non-hydrogen) atoms. The highest BCUT2D eigenvalue weighted by molar-refractivity contribution is 7.97. The van der Waals surface area contributed by atoms with Crippen LogP contribution in [0.4, 0.5) is 0 Å². The van der Waals surface area contributed by atoms with Gasteiger partial charge in [0.1, 0.15) is 4.91 Å². The van der Waals surface area contributed by atoms with Gasteiger partial charge in [0.25, 0.3) is 0 Å². The van der Waals surface area contributed by atoms with Crippen molar-refractivity contribution < 1.29 is 13.2 Å². The quantitative estimate of drug-likeness (QED) is 0.549. The van der Waals surface area contributed by atoms with Crippen LogP contribution >= 0.6 is 0 Å². The highest BCUT2D eigenvalue weighted by Gasteiger charge is 2.50. The molecular weight excluding hydrogens is 188 g/mol. The maximum absolute atomic E-state index is 11.6. The van der Waals surface area contributed by atoms with E-state index in [2.05, 4.69) is 6.58 Å². The molecule has 2 rings (SSSR count). The van der Waals surface area contributed by atoms with Crippen LogP contribution in [0.2, 0.25) is 0 Å². The standard InChI is InChI=1S/C9H12O3S/c1-6-9(10)7-4-2-3-5-8(7)13(6,11)12/h7-8H,1-5H2. The maximum atomic E-state index is 11.6. The van der Waals surface area contributed by atoms with Crippen LogP contribution in [0.15, 0.2) is 11.5 Å². The minimum absolute atomic E-state index is 0.149. The van der Waals surface area contributed by atoms with E-state index in [0.717, 1.165) is 19.3 Å². The van der Waals surface area contributed by atoms with Gasteiger partial charge in [0.15, 0.2) is 15.6 Å². The summed E-state index contributed by atoms with van der Waals surface area (Å²) in [6, 6.07) is 0. The number of hydrogen-bond acceptors (Lipinski definition) is 3. The van der Waals surface area contributed by atoms with Gasteiger partial charge in [-0.25, -0.2) is 8.42 Å². The summed E-state index contributed by atoms with van der Waals surface area (Å²) < 4.78 is 23.2. The van der Waals surface area contributed by atoms with E-state index >= 15 is 0 Å². The zero-order chi connectivity index (χ0) is 9.64. The van der Waals surface area contributed by atoms with Crippen molar-refractivity contribution in [3.05, 3.63) is 11.5 Å². The second kappa shape index (κ2) is 2.67. The molecule has 4 heteroatoms. The summed E-state index contributed by atoms with van der Waals surface area (Å²) in [7, 11) is -3.32. The molecule has 0 radical (unpaired) electrons. The number of hydrogen-bond donors (Lipinski definition) is 0. The van der Waals surface area contributed by atoms with E-state index in [1.807, 2.05) is 0 Å². The lowest BCUT2D eigenvalue weighted by atomic mass is 9.86. The number of carbonyl (C=O) groups is 1. The Morgan fingerprint density at radius 1 is 1.23 bits per heavy atom. The van der Waals surface area contributed by atoms with Crippen LogP contribution < -0.4 is 0 Å². The Labute approximate surface area is 77.7 Å². The van der Waals surface area contributed by atoms with Crippen LogP contribution in [-0.2, 0) is 14.6 Å². The van der Waals surface area contributed by atoms with Crippen molar-refractivity contribution in [3.63, 3.8) is 0 Å². The largest absolute Gasteiger partial charge is 0.293 e. The molecular formula is C9H12O3S. The monoisotopic (exact) mass is 200 g/mol. The molecule has 1 aliphatic heterocycles. The Kier molecular flexibility index (Phi) is 1.84. The molecule has 2 aliphatic rings. The highest BCUT2D eigenvalue weighted by atomic mass is 32.2. The van der Waals surface area contributed by atoms with Gasteiger partial charge in [-0.1, -0.05) is 19.4 Å². The molecule has 2 unspecified atom stereocenters. The molecule has 0 aromatic heterocycles. The number of carbonyl (C=O) groups excluding carboxylic acids is 1. The number of ketones is 1. The molecule has 0 aromatic rings. The van der Waals surface area contributed by atoms with E-state index in [1.54, 1.807) is 0 Å². The van der Waals surface area contributed by atoms with E-state index in [1.165, 1.54) is 0 Å². The summed E-state index contributed by atoms with van der Waals surface area (Å²) in [5.41, 5.74) is 0. The molecule has 3 nitrogen and oxygen atoms in total. The Morgan fingerprint density at radius 3 is 2.46 bits per heavy atom. The van der Waals surface area contributed by atoms with Crippen LogP contribution in [0.3, 0.4) is 0 Å². The van der Waals surface area contributed by atoms with Crippen LogP contribution in [-0.4, -0.2) is 19.5 Å². The van der Waals surface area contributed by atoms with Crippen molar-refractivity contribution in [1.29, 1.82) is 0 Å². The molecule has 0 aromatic carbocycles. The first-order chi connectivity index (χ1) is 6.05. The van der Waals surface area contributed by atoms with Gasteiger partial charge in [-0.2, -0.15) is 0 Å². The number of allylic oxidation sites excluding steroid dienone is 1. The fraction of sp³-hybridized carbons (Fsp3) is 0.667. The van der Waals surface area contributed by atoms with Crippen LogP contribution in [0.1, 0.15) is 25.7 Å². The third kappa shape index (κ3) is 1.08. The lowest BCUT2D eigenvalue weighted by molar-refractivity contribution is -0.118. The molecule has 0 N–H and O–H groups in total. The predicted octanol–water partition coefficient (Wildman–Crippen LogP) is 1.06. The number of sulfone groups is 1. The molecule has 2 atom stereocenters. The van der Waals surface area contributed by atoms with Crippen molar-refractivity contribution >= 4 is 15.6 Å². The Hall–Kier alpha value is -0.640. The normalized spacial score (nSPS) is 37.5. The summed E-state index contributed by atoms with van der Waals surface area (Å²) in [6.45, 7) is 3.37. The Bertz CT molecular complexity index is 366. The third-order valence-electron chi connectivity index (χ3n) is 3.06. The first-order valence-electron chi connectivity index (χ1n) is 4.52. The number of rotatable bonds is 0. The van der Waals surface area contributed by atoms with Crippen LogP contribution in [0.25, 0.3) is 0 Å². The van der Waals surface area contributed by atoms with E-state index in [9.17, 15) is 13.2 Å². The first-order valence-corrected chi connectivity index (χ1v) is 6.07. The summed E-state index contributed by atoms with van der Waals surface area (Å²) in [6.07, 6.45) is 3.25. The van der Waals surface area contributed by atoms with Gasteiger partial charge in [-0.15, -0.1) is 0 Å². The molecule has 1 saturated heterocycles. The molecule has 0 amide bonds. The summed E-state index contributed by atoms with van der Waals surface area (Å²) in [5, 5.41) is -0.443. The Balaban J connectivity index is 2.47. The van der Waals surface area contributed by atoms with Gasteiger partial charge in [-0.05, 0) is 12.8 Å². The second-order valence-electron chi connectivity index (χ2n) is 3.76. The lowest BCUT2D eigenvalue weighted by Gasteiger charge is -2.21. The second-order valence-corrected chi connectivity index (χ2v) is 5.95. The van der Waals surface area contributed by atoms with E-state index < -0.39 is 15.1 Å². The van der Waals surface area contributed by atoms with Gasteiger partial charge in [-0.3, -0.25) is 4.79 Å². The van der Waals surface area contributed by atoms with E-state index in [-0.39, 0.29) is 16.6 Å². The predicted molar refractivity (Wildman–Crippen MR) is 48.8 cm³/mol. The minimum atomic E-state index is -3.32. The SMILES string of the molecule is C=C1C(=O)C2CCCCC2S1(=O)=O.